The molecular formula is C19H24ClN3O2. The molecule has 4 rings (SSSR count). The highest BCUT2D eigenvalue weighted by Gasteiger charge is 2.33. The van der Waals surface area contributed by atoms with Crippen molar-refractivity contribution in [3.8, 4) is 11.1 Å². The highest BCUT2D eigenvalue weighted by atomic mass is 35.5. The minimum absolute atomic E-state index is 0. The maximum Gasteiger partial charge on any atom is 0.290 e. The summed E-state index contributed by atoms with van der Waals surface area (Å²) in [7, 11) is 0. The number of likely N-dealkylation sites (tertiary alicyclic amines) is 1. The summed E-state index contributed by atoms with van der Waals surface area (Å²) in [5.41, 5.74) is 1.90. The Hall–Kier alpha value is -1.82. The molecule has 1 aromatic heterocycles. The van der Waals surface area contributed by atoms with Gasteiger partial charge in [0.25, 0.3) is 5.91 Å². The molecule has 25 heavy (non-hydrogen) atoms. The van der Waals surface area contributed by atoms with Crippen LogP contribution < -0.4 is 5.32 Å². The number of furan rings is 1. The maximum atomic E-state index is 12.9. The van der Waals surface area contributed by atoms with Gasteiger partial charge in [-0.1, -0.05) is 30.3 Å². The van der Waals surface area contributed by atoms with Crippen LogP contribution in [0.25, 0.3) is 11.1 Å². The molecule has 2 aliphatic rings. The van der Waals surface area contributed by atoms with E-state index in [4.69, 9.17) is 4.42 Å². The molecule has 2 fully saturated rings. The molecule has 6 heteroatoms. The largest absolute Gasteiger partial charge is 0.459 e. The molecule has 1 unspecified atom stereocenters. The lowest BCUT2D eigenvalue weighted by atomic mass is 10.1. The maximum absolute atomic E-state index is 12.9. The molecule has 1 aromatic carbocycles. The van der Waals surface area contributed by atoms with Crippen molar-refractivity contribution in [3.63, 3.8) is 0 Å². The molecule has 0 radical (unpaired) electrons. The molecule has 5 nitrogen and oxygen atoms in total. The molecule has 0 spiro atoms. The first-order valence-electron chi connectivity index (χ1n) is 8.70. The van der Waals surface area contributed by atoms with Crippen LogP contribution in [-0.2, 0) is 0 Å². The zero-order valence-electron chi connectivity index (χ0n) is 14.2. The van der Waals surface area contributed by atoms with E-state index in [1.165, 1.54) is 0 Å². The van der Waals surface area contributed by atoms with Crippen molar-refractivity contribution in [1.82, 2.24) is 15.1 Å². The van der Waals surface area contributed by atoms with Gasteiger partial charge >= 0.3 is 0 Å². The van der Waals surface area contributed by atoms with E-state index in [1.807, 2.05) is 41.3 Å². The number of piperazine rings is 1. The number of rotatable bonds is 3. The number of hydrogen-bond acceptors (Lipinski definition) is 4. The standard InChI is InChI=1S/C19H23N3O2.ClH/c23-19(18-17(7-13-24-18)15-4-2-1-3-5-15)22-10-6-16(14-22)21-11-8-20-9-12-21;/h1-5,7,13,16,20H,6,8-12,14H2;1H. The molecule has 2 aromatic rings. The van der Waals surface area contributed by atoms with Crippen molar-refractivity contribution < 1.29 is 9.21 Å². The van der Waals surface area contributed by atoms with Gasteiger partial charge in [0, 0.05) is 50.9 Å². The van der Waals surface area contributed by atoms with Gasteiger partial charge in [-0.3, -0.25) is 9.69 Å². The summed E-state index contributed by atoms with van der Waals surface area (Å²) in [4.78, 5) is 17.4. The monoisotopic (exact) mass is 361 g/mol. The Kier molecular flexibility index (Phi) is 5.78. The molecule has 0 saturated carbocycles. The first-order valence-corrected chi connectivity index (χ1v) is 8.70. The van der Waals surface area contributed by atoms with Crippen molar-refractivity contribution in [3.05, 3.63) is 48.4 Å². The summed E-state index contributed by atoms with van der Waals surface area (Å²) < 4.78 is 5.56. The van der Waals surface area contributed by atoms with Gasteiger partial charge in [-0.15, -0.1) is 12.4 Å². The molecule has 0 bridgehead atoms. The Labute approximate surface area is 154 Å². The number of carbonyl (C=O) groups excluding carboxylic acids is 1. The van der Waals surface area contributed by atoms with Gasteiger partial charge in [-0.2, -0.15) is 0 Å². The highest BCUT2D eigenvalue weighted by Crippen LogP contribution is 2.27. The van der Waals surface area contributed by atoms with E-state index in [0.717, 1.165) is 56.8 Å². The van der Waals surface area contributed by atoms with Crippen LogP contribution in [0.4, 0.5) is 0 Å². The minimum Gasteiger partial charge on any atom is -0.459 e. The third-order valence-electron chi connectivity index (χ3n) is 5.06. The molecule has 1 atom stereocenters. The van der Waals surface area contributed by atoms with Gasteiger partial charge in [0.15, 0.2) is 5.76 Å². The Balaban J connectivity index is 0.00000182. The lowest BCUT2D eigenvalue weighted by Crippen LogP contribution is -2.49. The normalized spacial score (nSPS) is 21.1. The van der Waals surface area contributed by atoms with Crippen LogP contribution in [0.2, 0.25) is 0 Å². The second kappa shape index (κ2) is 8.04. The summed E-state index contributed by atoms with van der Waals surface area (Å²) in [5.74, 6) is 0.471. The van der Waals surface area contributed by atoms with Crippen LogP contribution in [0.5, 0.6) is 0 Å². The molecule has 0 aliphatic carbocycles. The van der Waals surface area contributed by atoms with Gasteiger partial charge in [0.1, 0.15) is 0 Å². The zero-order chi connectivity index (χ0) is 16.4. The number of carbonyl (C=O) groups is 1. The van der Waals surface area contributed by atoms with E-state index < -0.39 is 0 Å². The van der Waals surface area contributed by atoms with Crippen LogP contribution in [0.3, 0.4) is 0 Å². The van der Waals surface area contributed by atoms with Crippen molar-refractivity contribution in [2.75, 3.05) is 39.3 Å². The Bertz CT molecular complexity index is 698. The minimum atomic E-state index is 0. The van der Waals surface area contributed by atoms with Crippen molar-refractivity contribution in [1.29, 1.82) is 0 Å². The summed E-state index contributed by atoms with van der Waals surface area (Å²) in [6.45, 7) is 5.84. The number of nitrogens with zero attached hydrogens (tertiary/aromatic N) is 2. The van der Waals surface area contributed by atoms with Gasteiger partial charge in [-0.25, -0.2) is 0 Å². The van der Waals surface area contributed by atoms with E-state index in [1.54, 1.807) is 6.26 Å². The third-order valence-corrected chi connectivity index (χ3v) is 5.06. The van der Waals surface area contributed by atoms with Crippen LogP contribution in [0, 0.1) is 0 Å². The first kappa shape index (κ1) is 18.0. The number of amides is 1. The molecule has 2 saturated heterocycles. The summed E-state index contributed by atoms with van der Waals surface area (Å²) in [6, 6.07) is 12.3. The third kappa shape index (κ3) is 3.73. The number of nitrogens with one attached hydrogen (secondary N) is 1. The zero-order valence-corrected chi connectivity index (χ0v) is 15.0. The smallest absolute Gasteiger partial charge is 0.290 e. The predicted octanol–water partition coefficient (Wildman–Crippen LogP) is 2.49. The summed E-state index contributed by atoms with van der Waals surface area (Å²) in [5, 5.41) is 3.38. The predicted molar refractivity (Wildman–Crippen MR) is 100 cm³/mol. The van der Waals surface area contributed by atoms with Gasteiger partial charge < -0.3 is 14.6 Å². The summed E-state index contributed by atoms with van der Waals surface area (Å²) >= 11 is 0. The molecular weight excluding hydrogens is 338 g/mol. The van der Waals surface area contributed by atoms with Gasteiger partial charge in [-0.05, 0) is 18.1 Å². The number of hydrogen-bond donors (Lipinski definition) is 1. The van der Waals surface area contributed by atoms with Crippen LogP contribution in [-0.4, -0.2) is 61.0 Å². The summed E-state index contributed by atoms with van der Waals surface area (Å²) in [6.07, 6.45) is 2.66. The topological polar surface area (TPSA) is 48.7 Å². The van der Waals surface area contributed by atoms with Crippen LogP contribution in [0.15, 0.2) is 47.1 Å². The first-order chi connectivity index (χ1) is 11.8. The quantitative estimate of drug-likeness (QED) is 0.912. The van der Waals surface area contributed by atoms with E-state index in [0.29, 0.717) is 11.8 Å². The molecule has 3 heterocycles. The lowest BCUT2D eigenvalue weighted by molar-refractivity contribution is 0.0743. The Morgan fingerprint density at radius 1 is 1.08 bits per heavy atom. The van der Waals surface area contributed by atoms with E-state index in [2.05, 4.69) is 10.2 Å². The second-order valence-electron chi connectivity index (χ2n) is 6.51. The average molecular weight is 362 g/mol. The van der Waals surface area contributed by atoms with Crippen molar-refractivity contribution >= 4 is 18.3 Å². The van der Waals surface area contributed by atoms with Gasteiger partial charge in [0.05, 0.1) is 6.26 Å². The van der Waals surface area contributed by atoms with Crippen molar-refractivity contribution in [2.24, 2.45) is 0 Å². The Morgan fingerprint density at radius 3 is 2.60 bits per heavy atom. The number of halogens is 1. The van der Waals surface area contributed by atoms with Crippen LogP contribution >= 0.6 is 12.4 Å². The van der Waals surface area contributed by atoms with Crippen LogP contribution in [0.1, 0.15) is 17.0 Å². The molecule has 2 aliphatic heterocycles. The van der Waals surface area contributed by atoms with Crippen molar-refractivity contribution in [2.45, 2.75) is 12.5 Å². The van der Waals surface area contributed by atoms with E-state index in [9.17, 15) is 4.79 Å². The fourth-order valence-electron chi connectivity index (χ4n) is 3.74. The number of benzene rings is 1. The highest BCUT2D eigenvalue weighted by molar-refractivity contribution is 5.98. The lowest BCUT2D eigenvalue weighted by Gasteiger charge is -2.32. The fourth-order valence-corrected chi connectivity index (χ4v) is 3.74. The van der Waals surface area contributed by atoms with E-state index in [-0.39, 0.29) is 18.3 Å². The fraction of sp³-hybridized carbons (Fsp3) is 0.421. The molecule has 1 N–H and O–H groups in total. The average Bonchev–Trinajstić information content (AvgIpc) is 3.32. The van der Waals surface area contributed by atoms with Gasteiger partial charge in [0.2, 0.25) is 0 Å². The van der Waals surface area contributed by atoms with E-state index >= 15 is 0 Å². The second-order valence-corrected chi connectivity index (χ2v) is 6.51. The SMILES string of the molecule is Cl.O=C(c1occc1-c1ccccc1)N1CCC(N2CCNCC2)C1. The Morgan fingerprint density at radius 2 is 1.84 bits per heavy atom. The molecule has 1 amide bonds. The molecule has 134 valence electrons.